The number of guanidine groups is 1. The molecule has 2 aromatic carbocycles. The van der Waals surface area contributed by atoms with Gasteiger partial charge >= 0.3 is 5.97 Å². The van der Waals surface area contributed by atoms with Crippen molar-refractivity contribution in [3.63, 3.8) is 0 Å². The highest BCUT2D eigenvalue weighted by atomic mass is 32.2. The highest BCUT2D eigenvalue weighted by molar-refractivity contribution is 8.00. The molecule has 28 nitrogen and oxygen atoms in total. The van der Waals surface area contributed by atoms with Gasteiger partial charge in [-0.05, 0) is 98.5 Å². The highest BCUT2D eigenvalue weighted by Crippen LogP contribution is 2.36. The first-order chi connectivity index (χ1) is 52.4. The Bertz CT molecular complexity index is 3550. The zero-order valence-electron chi connectivity index (χ0n) is 66.6. The topological polar surface area (TPSA) is 489 Å². The minimum absolute atomic E-state index is 0.0160. The number of nitrogens with zero attached hydrogens (tertiary/aromatic N) is 1. The van der Waals surface area contributed by atoms with E-state index in [-0.39, 0.29) is 132 Å². The molecule has 7 amide bonds. The smallest absolute Gasteiger partial charge is 0.305 e. The van der Waals surface area contributed by atoms with E-state index in [0.717, 1.165) is 11.8 Å². The summed E-state index contributed by atoms with van der Waals surface area (Å²) in [5.41, 5.74) is 23.8. The van der Waals surface area contributed by atoms with Crippen LogP contribution in [-0.4, -0.2) is 159 Å². The molecular formula is C82H124N12O16S. The molecule has 2 aromatic rings. The molecule has 0 spiro atoms. The lowest BCUT2D eigenvalue weighted by Gasteiger charge is -2.30. The third-order valence-electron chi connectivity index (χ3n) is 21.5. The number of aliphatic carboxylic acids is 1. The van der Waals surface area contributed by atoms with Gasteiger partial charge in [0.25, 0.3) is 0 Å². The first kappa shape index (κ1) is 94.4. The van der Waals surface area contributed by atoms with Crippen molar-refractivity contribution in [2.24, 2.45) is 98.9 Å². The Kier molecular flexibility index (Phi) is 40.8. The number of ketones is 7. The lowest BCUT2D eigenvalue weighted by Crippen LogP contribution is -2.54. The van der Waals surface area contributed by atoms with Crippen molar-refractivity contribution in [1.29, 1.82) is 5.41 Å². The molecule has 29 heteroatoms. The number of nitrogens with two attached hydrogens (primary N) is 4. The van der Waals surface area contributed by atoms with Crippen LogP contribution in [0.2, 0.25) is 0 Å². The SMILES string of the molecule is CC[C@H](C)[C@@H]1CC(=O)[C@H](C(C)C)CC(=O)[C@H]([C@@H](C)CC)NC(=O)[C@H](CC(C)C)CC(=O)[C@H](Cc2ccccc2)NC(=O)CSC[C@@H](C(=O)CCC(N)=O)NC(=O)[C@@H]2CCCC2C(=O)[C@H](Cc2ccccc2)NC(=O)[C@H](C(C)C)CC(=O)[C@H](CCCN=C(N)N)NC(=O)[C@H](CC(=O)O)NC(=O)[C@H](CCCCC(=N)N)CC1=O. The second-order valence-electron chi connectivity index (χ2n) is 31.5. The van der Waals surface area contributed by atoms with Crippen molar-refractivity contribution < 1.29 is 77.0 Å². The van der Waals surface area contributed by atoms with Gasteiger partial charge in [0.15, 0.2) is 34.9 Å². The van der Waals surface area contributed by atoms with E-state index in [0.29, 0.717) is 36.8 Å². The quantitative estimate of drug-likeness (QED) is 0.0265. The fourth-order valence-corrected chi connectivity index (χ4v) is 15.4. The molecule has 0 radical (unpaired) electrons. The molecular weight excluding hydrogens is 1440 g/mol. The second-order valence-corrected chi connectivity index (χ2v) is 32.5. The Morgan fingerprint density at radius 1 is 0.532 bits per heavy atom. The Hall–Kier alpha value is -9.02. The van der Waals surface area contributed by atoms with Gasteiger partial charge in [0.2, 0.25) is 41.4 Å². The normalized spacial score (nSPS) is 25.7. The summed E-state index contributed by atoms with van der Waals surface area (Å²) in [5, 5.41) is 34.9. The number of thioether (sulfide) groups is 1. The molecule has 1 saturated heterocycles. The summed E-state index contributed by atoms with van der Waals surface area (Å²) in [7, 11) is 0. The minimum atomic E-state index is -1.86. The average Bonchev–Trinajstić information content (AvgIpc) is 1.59. The predicted octanol–water partition coefficient (Wildman–Crippen LogP) is 6.30. The third-order valence-corrected chi connectivity index (χ3v) is 22.6. The number of fused-ring (bicyclic) bond motifs is 1. The van der Waals surface area contributed by atoms with Gasteiger partial charge in [0, 0.05) is 105 Å². The number of nitrogens with one attached hydrogen (secondary N) is 7. The number of carbonyl (C=O) groups excluding carboxylic acids is 14. The molecule has 2 fully saturated rings. The van der Waals surface area contributed by atoms with Crippen LogP contribution >= 0.6 is 11.8 Å². The van der Waals surface area contributed by atoms with Crippen LogP contribution in [0.4, 0.5) is 0 Å². The Labute approximate surface area is 658 Å². The van der Waals surface area contributed by atoms with Gasteiger partial charge in [-0.15, -0.1) is 11.8 Å². The maximum atomic E-state index is 15.2. The lowest BCUT2D eigenvalue weighted by atomic mass is 9.75. The molecule has 1 saturated carbocycles. The monoisotopic (exact) mass is 1560 g/mol. The summed E-state index contributed by atoms with van der Waals surface area (Å²) in [4.78, 5) is 221. The van der Waals surface area contributed by atoms with Crippen molar-refractivity contribution in [2.45, 2.75) is 247 Å². The zero-order valence-corrected chi connectivity index (χ0v) is 67.4. The largest absolute Gasteiger partial charge is 0.481 e. The van der Waals surface area contributed by atoms with Gasteiger partial charge in [-0.3, -0.25) is 82.3 Å². The summed E-state index contributed by atoms with van der Waals surface area (Å²) in [5.74, 6) is -21.2. The summed E-state index contributed by atoms with van der Waals surface area (Å²) < 4.78 is 0. The number of carboxylic acid groups (broad SMARTS) is 1. The van der Waals surface area contributed by atoms with Gasteiger partial charge in [-0.25, -0.2) is 0 Å². The van der Waals surface area contributed by atoms with Crippen molar-refractivity contribution >= 4 is 111 Å². The number of hydrogen-bond donors (Lipinski definition) is 12. The van der Waals surface area contributed by atoms with Crippen LogP contribution in [0.5, 0.6) is 0 Å². The van der Waals surface area contributed by atoms with E-state index in [9.17, 15) is 72.2 Å². The fourth-order valence-electron chi connectivity index (χ4n) is 14.6. The van der Waals surface area contributed by atoms with Gasteiger partial charge in [-0.2, -0.15) is 0 Å². The van der Waals surface area contributed by atoms with Crippen LogP contribution in [0.3, 0.4) is 0 Å². The molecule has 0 bridgehead atoms. The molecule has 1 aliphatic heterocycles. The maximum Gasteiger partial charge on any atom is 0.305 e. The van der Waals surface area contributed by atoms with E-state index >= 15 is 4.79 Å². The zero-order chi connectivity index (χ0) is 82.8. The first-order valence-corrected chi connectivity index (χ1v) is 40.7. The summed E-state index contributed by atoms with van der Waals surface area (Å²) in [6, 6.07) is 9.39. The lowest BCUT2D eigenvalue weighted by molar-refractivity contribution is -0.142. The Morgan fingerprint density at radius 3 is 1.64 bits per heavy atom. The number of aliphatic imine (C=N–C) groups is 1. The summed E-state index contributed by atoms with van der Waals surface area (Å²) in [6.07, 6.45) is -1.46. The summed E-state index contributed by atoms with van der Waals surface area (Å²) >= 11 is 0.957. The van der Waals surface area contributed by atoms with Crippen LogP contribution in [0.1, 0.15) is 209 Å². The molecule has 0 aromatic heterocycles. The fraction of sp³-hybridized carbons (Fsp3) is 0.646. The van der Waals surface area contributed by atoms with E-state index in [1.165, 1.54) is 0 Å². The number of carboxylic acids is 1. The van der Waals surface area contributed by atoms with Gasteiger partial charge < -0.3 is 59.9 Å². The molecule has 2 aliphatic rings. The third kappa shape index (κ3) is 32.7. The molecule has 16 N–H and O–H groups in total. The molecule has 15 atom stereocenters. The van der Waals surface area contributed by atoms with Crippen molar-refractivity contribution in [2.75, 3.05) is 18.1 Å². The van der Waals surface area contributed by atoms with Crippen LogP contribution in [0, 0.1) is 76.4 Å². The number of benzene rings is 2. The molecule has 4 rings (SSSR count). The second kappa shape index (κ2) is 48.0. The molecule has 1 heterocycles. The molecule has 1 aliphatic carbocycles. The van der Waals surface area contributed by atoms with Gasteiger partial charge in [-0.1, -0.05) is 156 Å². The molecule has 111 heavy (non-hydrogen) atoms. The molecule has 614 valence electrons. The predicted molar refractivity (Wildman–Crippen MR) is 425 cm³/mol. The average molecular weight is 1570 g/mol. The van der Waals surface area contributed by atoms with Crippen LogP contribution in [0.25, 0.3) is 0 Å². The number of amidine groups is 1. The highest BCUT2D eigenvalue weighted by Gasteiger charge is 2.44. The standard InChI is InChI=1S/C82H124N12O16S/c1-11-49(9)59-42-67(97)57(47(5)6)40-70(100)75(50(10)12-2)94-78(107)54(35-46(3)4)39-68(98)61(36-51-23-15-13-16-24-51)89-73(102)45-111-44-64(65(95)32-33-72(85)101)93-79(108)56-29-21-28-55(56)76(105)62(37-52-25-17-14-18-26-52)91-80(109)58(48(7)8)41-69(99)60(30-22-34-88-82(86)87)90-81(110)63(43-74(103)104)92-77(106)53(38-66(59)96)27-19-20-31-71(83)84/h13-18,23-26,46-50,53-64,75H,11-12,19-22,27-45H2,1-10H3,(H3,83,84)(H2,85,101)(H,89,102)(H,90,110)(H,91,109)(H,92,106)(H,93,108)(H,94,107)(H,103,104)(H4,86,87,88)/t49-,50-,53+,54+,55?,56+,57-,58-,59-,60-,61-,62-,63-,64-,75-/m0/s1. The van der Waals surface area contributed by atoms with Crippen molar-refractivity contribution in [3.8, 4) is 0 Å². The van der Waals surface area contributed by atoms with E-state index < -0.39 is 208 Å². The maximum absolute atomic E-state index is 15.2. The van der Waals surface area contributed by atoms with Crippen LogP contribution in [0.15, 0.2) is 65.7 Å². The van der Waals surface area contributed by atoms with E-state index in [4.69, 9.17) is 28.3 Å². The first-order valence-electron chi connectivity index (χ1n) is 39.5. The van der Waals surface area contributed by atoms with E-state index in [2.05, 4.69) is 36.9 Å². The molecule has 1 unspecified atom stereocenters. The number of primary amides is 1. The number of amides is 7. The number of unbranched alkanes of at least 4 members (excludes halogenated alkanes) is 1. The van der Waals surface area contributed by atoms with Crippen molar-refractivity contribution in [1.82, 2.24) is 31.9 Å². The number of rotatable bonds is 27. The van der Waals surface area contributed by atoms with Crippen molar-refractivity contribution in [3.05, 3.63) is 71.8 Å². The number of hydrogen-bond acceptors (Lipinski definition) is 18. The van der Waals surface area contributed by atoms with E-state index in [1.807, 2.05) is 27.7 Å². The van der Waals surface area contributed by atoms with Crippen LogP contribution < -0.4 is 54.8 Å². The van der Waals surface area contributed by atoms with Crippen LogP contribution in [-0.2, 0) is 84.8 Å². The number of Topliss-reactive ketones (excluding diaryl/α,β-unsaturated/α-hetero) is 7. The van der Waals surface area contributed by atoms with Gasteiger partial charge in [0.1, 0.15) is 17.6 Å². The number of carbonyl (C=O) groups is 15. The minimum Gasteiger partial charge on any atom is -0.481 e. The van der Waals surface area contributed by atoms with E-state index in [1.54, 1.807) is 102 Å². The Balaban J connectivity index is 1.92. The Morgan fingerprint density at radius 2 is 1.07 bits per heavy atom. The van der Waals surface area contributed by atoms with Gasteiger partial charge in [0.05, 0.1) is 48.2 Å². The summed E-state index contributed by atoms with van der Waals surface area (Å²) in [6.45, 7) is 17.8.